The molecule has 1 aliphatic rings. The molecule has 1 fully saturated rings. The third-order valence-corrected chi connectivity index (χ3v) is 20.5. The Morgan fingerprint density at radius 2 is 1.07 bits per heavy atom. The second-order valence-electron chi connectivity index (χ2n) is 29.8. The molecule has 0 spiro atoms. The van der Waals surface area contributed by atoms with Crippen LogP contribution in [0, 0.1) is 11.8 Å². The number of aliphatic carboxylic acids is 3. The Morgan fingerprint density at radius 3 is 1.62 bits per heavy atom. The molecule has 1 aliphatic heterocycles. The number of ether oxygens (including phenoxy) is 1. The third kappa shape index (κ3) is 41.8. The molecule has 2 rings (SSSR count). The van der Waals surface area contributed by atoms with Gasteiger partial charge in [0, 0.05) is 49.6 Å². The number of carboxylic acids is 3. The van der Waals surface area contributed by atoms with Gasteiger partial charge in [-0.15, -0.1) is 0 Å². The van der Waals surface area contributed by atoms with Crippen LogP contribution in [0.15, 0.2) is 35.3 Å². The molecule has 1 aromatic rings. The quantitative estimate of drug-likeness (QED) is 0.0132. The van der Waals surface area contributed by atoms with Gasteiger partial charge < -0.3 is 111 Å². The number of aliphatic imine (C=N–C) groups is 1. The number of thioether (sulfide) groups is 1. The van der Waals surface area contributed by atoms with Crippen LogP contribution in [-0.4, -0.2) is 254 Å². The maximum atomic E-state index is 14.8. The predicted octanol–water partition coefficient (Wildman–Crippen LogP) is -0.235. The largest absolute Gasteiger partial charge is 0.481 e. The molecule has 37 nitrogen and oxygen atoms in total. The molecule has 23 N–H and O–H groups in total. The van der Waals surface area contributed by atoms with Gasteiger partial charge in [0.1, 0.15) is 73.1 Å². The van der Waals surface area contributed by atoms with Crippen LogP contribution in [0.5, 0.6) is 0 Å². The summed E-state index contributed by atoms with van der Waals surface area (Å²) in [7, 11) is 0. The molecule has 0 aromatic heterocycles. The van der Waals surface area contributed by atoms with E-state index in [0.29, 0.717) is 18.4 Å². The molecule has 11 amide bonds. The van der Waals surface area contributed by atoms with Crippen molar-refractivity contribution in [3.63, 3.8) is 0 Å². The second kappa shape index (κ2) is 58.0. The average Bonchev–Trinajstić information content (AvgIpc) is 1.53. The number of nitrogens with two attached hydrogens (primary N) is 4. The van der Waals surface area contributed by atoms with Gasteiger partial charge in [-0.2, -0.15) is 24.4 Å². The molecule has 0 radical (unpaired) electrons. The van der Waals surface area contributed by atoms with E-state index in [1.54, 1.807) is 58.0 Å². The first-order valence-corrected chi connectivity index (χ1v) is 42.1. The number of guanidine groups is 1. The Hall–Kier alpha value is -8.92. The van der Waals surface area contributed by atoms with Crippen molar-refractivity contribution < 1.29 is 102 Å². The number of hydrogen-bond donors (Lipinski definition) is 20. The minimum Gasteiger partial charge on any atom is -0.481 e. The maximum absolute atomic E-state index is 14.8. The fourth-order valence-corrected chi connectivity index (χ4v) is 13.5. The summed E-state index contributed by atoms with van der Waals surface area (Å²) in [6.45, 7) is 8.89. The van der Waals surface area contributed by atoms with Gasteiger partial charge >= 0.3 is 23.9 Å². The van der Waals surface area contributed by atoms with E-state index < -0.39 is 199 Å². The summed E-state index contributed by atoms with van der Waals surface area (Å²) in [4.78, 5) is 209. The minimum atomic E-state index is -1.90. The standard InChI is InChI=1S/C77H130N16O21S2/c1-7-8-9-10-11-12-13-14-15-16-17-18-22-32-62(100)114-38-39-116-45-58(76(112)113)91-65(101)50(29-23-24-35-78)83-66(102)51(33-34-60(96)97)84-74(110)64(48(6)95)92-72(108)59-31-26-37-93(59)75(111)52(30-25-36-82-77(80)81)85-70(106)56(43-94)89-67(103)53(40-46(2)3)86-68(104)54(41-49-27-20-19-21-28-49)87-71(107)57(44-115)90-69(105)55(42-61(98)99)88-73(109)63(79)47(4)5/h19-21,27-28,46-48,50-59,63-64,94-95,115H,7-18,22-26,29-45,78-79H2,1-6H3,(H,83,102)(H,84,110)(H,85,106)(H,86,104)(H,87,107)(H,88,109)(H,89,103)(H,90,105)(H,91,101)(H,92,108)(H,96,97)(H,98,99)(H,112,113)(H4,80,81,82)/t48-,50+,51+,52+,53+,54+,55+,56+,57+,58+,59+,63+,64+/m1/s1. The van der Waals surface area contributed by atoms with Gasteiger partial charge in [0.05, 0.1) is 25.2 Å². The van der Waals surface area contributed by atoms with Crippen molar-refractivity contribution in [3.05, 3.63) is 35.9 Å². The number of hydrogen-bond acceptors (Lipinski definition) is 23. The summed E-state index contributed by atoms with van der Waals surface area (Å²) in [5, 5.41) is 75.6. The zero-order valence-corrected chi connectivity index (χ0v) is 69.6. The number of nitrogens with one attached hydrogen (secondary N) is 10. The molecular formula is C77H130N16O21S2. The Balaban J connectivity index is 2.32. The topological polar surface area (TPSA) is 606 Å². The number of amides is 11. The molecule has 116 heavy (non-hydrogen) atoms. The smallest absolute Gasteiger partial charge is 0.327 e. The van der Waals surface area contributed by atoms with E-state index in [1.165, 1.54) is 57.8 Å². The lowest BCUT2D eigenvalue weighted by Crippen LogP contribution is -2.62. The monoisotopic (exact) mass is 1680 g/mol. The molecule has 39 heteroatoms. The van der Waals surface area contributed by atoms with Crippen molar-refractivity contribution >= 4 is 119 Å². The van der Waals surface area contributed by atoms with E-state index in [9.17, 15) is 97.5 Å². The van der Waals surface area contributed by atoms with E-state index >= 15 is 0 Å². The number of benzene rings is 1. The number of carboxylic acid groups (broad SMARTS) is 3. The summed E-state index contributed by atoms with van der Waals surface area (Å²) in [5.74, 6) is -17.2. The first-order valence-electron chi connectivity index (χ1n) is 40.3. The lowest BCUT2D eigenvalue weighted by atomic mass is 10.0. The Morgan fingerprint density at radius 1 is 0.569 bits per heavy atom. The minimum absolute atomic E-state index is 0.00705. The number of aliphatic hydroxyl groups is 2. The lowest BCUT2D eigenvalue weighted by molar-refractivity contribution is -0.143. The zero-order chi connectivity index (χ0) is 86.8. The highest BCUT2D eigenvalue weighted by atomic mass is 32.2. The SMILES string of the molecule is CCCCCCCCCCCCCCCC(=O)OCCSC[C@H](NC(=O)[C@H](CCCCN)NC(=O)[C@H](CCC(=O)O)NC(=O)[C@@H](NC(=O)[C@@H]1CCCN1C(=O)[C@H](CCCN=C(N)N)NC(=O)[C@H](CO)NC(=O)[C@H](CC(C)C)NC(=O)[C@H](Cc1ccccc1)NC(=O)[C@H](CS)NC(=O)[C@H](CC(=O)O)NC(=O)[C@@H](N)C(C)C)[C@@H](C)O)C(=O)O. The Labute approximate surface area is 689 Å². The summed E-state index contributed by atoms with van der Waals surface area (Å²) >= 11 is 5.31. The number of rotatable bonds is 62. The fraction of sp³-hybridized carbons (Fsp3) is 0.714. The molecule has 0 unspecified atom stereocenters. The van der Waals surface area contributed by atoms with Crippen molar-refractivity contribution in [2.24, 2.45) is 39.8 Å². The highest BCUT2D eigenvalue weighted by Crippen LogP contribution is 2.22. The molecule has 0 aliphatic carbocycles. The molecule has 1 saturated heterocycles. The number of aliphatic hydroxyl groups excluding tert-OH is 2. The van der Waals surface area contributed by atoms with Gasteiger partial charge in [-0.3, -0.25) is 72.1 Å². The van der Waals surface area contributed by atoms with E-state index in [0.717, 1.165) is 42.8 Å². The molecule has 1 heterocycles. The van der Waals surface area contributed by atoms with Crippen molar-refractivity contribution in [1.29, 1.82) is 0 Å². The van der Waals surface area contributed by atoms with Crippen LogP contribution >= 0.6 is 24.4 Å². The van der Waals surface area contributed by atoms with Crippen molar-refractivity contribution in [2.45, 2.75) is 287 Å². The highest BCUT2D eigenvalue weighted by molar-refractivity contribution is 7.99. The van der Waals surface area contributed by atoms with E-state index in [1.807, 2.05) is 0 Å². The van der Waals surface area contributed by atoms with E-state index in [-0.39, 0.29) is 113 Å². The van der Waals surface area contributed by atoms with Crippen molar-refractivity contribution in [1.82, 2.24) is 58.1 Å². The maximum Gasteiger partial charge on any atom is 0.327 e. The Kier molecular flexibility index (Phi) is 51.6. The van der Waals surface area contributed by atoms with Crippen LogP contribution in [0.2, 0.25) is 0 Å². The number of thiol groups is 1. The van der Waals surface area contributed by atoms with Gasteiger partial charge in [0.2, 0.25) is 65.0 Å². The number of esters is 1. The van der Waals surface area contributed by atoms with Crippen LogP contribution in [0.4, 0.5) is 0 Å². The number of carbonyl (C=O) groups is 15. The number of carbonyl (C=O) groups excluding carboxylic acids is 12. The van der Waals surface area contributed by atoms with Gasteiger partial charge in [-0.25, -0.2) is 4.79 Å². The second-order valence-corrected chi connectivity index (χ2v) is 31.3. The summed E-state index contributed by atoms with van der Waals surface area (Å²) in [6.07, 6.45) is 11.5. The lowest BCUT2D eigenvalue weighted by Gasteiger charge is -2.31. The summed E-state index contributed by atoms with van der Waals surface area (Å²) in [5.41, 5.74) is 23.3. The molecule has 1 aromatic carbocycles. The average molecular weight is 1680 g/mol. The first-order chi connectivity index (χ1) is 55.1. The number of nitrogens with zero attached hydrogens (tertiary/aromatic N) is 2. The van der Waals surface area contributed by atoms with Gasteiger partial charge in [0.25, 0.3) is 0 Å². The molecule has 13 atom stereocenters. The fourth-order valence-electron chi connectivity index (χ4n) is 12.4. The Bertz CT molecular complexity index is 3300. The summed E-state index contributed by atoms with van der Waals surface area (Å²) in [6, 6.07) is -10.4. The predicted molar refractivity (Wildman–Crippen MR) is 437 cm³/mol. The van der Waals surface area contributed by atoms with Gasteiger partial charge in [0.15, 0.2) is 5.96 Å². The number of unbranched alkanes of at least 4 members (excludes halogenated alkanes) is 13. The first kappa shape index (κ1) is 103. The number of likely N-dealkylation sites (tertiary alicyclic amines) is 1. The van der Waals surface area contributed by atoms with Crippen LogP contribution in [0.1, 0.15) is 208 Å². The van der Waals surface area contributed by atoms with Crippen LogP contribution < -0.4 is 76.1 Å². The van der Waals surface area contributed by atoms with Crippen LogP contribution in [0.25, 0.3) is 0 Å². The summed E-state index contributed by atoms with van der Waals surface area (Å²) < 4.78 is 5.36. The normalized spacial score (nSPS) is 15.7. The van der Waals surface area contributed by atoms with Crippen LogP contribution in [-0.2, 0) is 83.1 Å². The third-order valence-electron chi connectivity index (χ3n) is 19.1. The highest BCUT2D eigenvalue weighted by Gasteiger charge is 2.42. The van der Waals surface area contributed by atoms with Gasteiger partial charge in [-0.05, 0) is 95.1 Å². The zero-order valence-electron chi connectivity index (χ0n) is 67.9. The van der Waals surface area contributed by atoms with Crippen LogP contribution in [0.3, 0.4) is 0 Å². The van der Waals surface area contributed by atoms with Gasteiger partial charge in [-0.1, -0.05) is 142 Å². The molecule has 0 saturated carbocycles. The molecule has 656 valence electrons. The molecule has 0 bridgehead atoms. The van der Waals surface area contributed by atoms with Crippen molar-refractivity contribution in [2.75, 3.05) is 50.1 Å². The van der Waals surface area contributed by atoms with Crippen molar-refractivity contribution in [3.8, 4) is 0 Å². The molecular weight excluding hydrogens is 1550 g/mol. The van der Waals surface area contributed by atoms with E-state index in [2.05, 4.69) is 77.7 Å². The van der Waals surface area contributed by atoms with E-state index in [4.69, 9.17) is 27.7 Å².